The summed E-state index contributed by atoms with van der Waals surface area (Å²) in [5.41, 5.74) is 2.28. The highest BCUT2D eigenvalue weighted by molar-refractivity contribution is 7.89. The molecule has 2 aromatic heterocycles. The fraction of sp³-hybridized carbons (Fsp3) is 0.351. The van der Waals surface area contributed by atoms with Gasteiger partial charge in [-0.25, -0.2) is 13.4 Å². The Bertz CT molecular complexity index is 2330. The Balaban J connectivity index is 0.855. The highest BCUT2D eigenvalue weighted by atomic mass is 32.2. The van der Waals surface area contributed by atoms with Gasteiger partial charge in [-0.2, -0.15) is 9.29 Å². The minimum Gasteiger partial charge on any atom is -0.491 e. The van der Waals surface area contributed by atoms with E-state index in [1.807, 2.05) is 12.1 Å². The van der Waals surface area contributed by atoms with Crippen molar-refractivity contribution in [3.05, 3.63) is 87.8 Å². The molecule has 0 saturated carbocycles. The van der Waals surface area contributed by atoms with Crippen LogP contribution in [-0.4, -0.2) is 94.9 Å². The van der Waals surface area contributed by atoms with E-state index in [9.17, 15) is 27.6 Å². The van der Waals surface area contributed by atoms with E-state index in [0.717, 1.165) is 10.9 Å². The summed E-state index contributed by atoms with van der Waals surface area (Å²) in [6.07, 6.45) is 3.27. The first-order chi connectivity index (χ1) is 25.6. The Morgan fingerprint density at radius 2 is 1.83 bits per heavy atom. The van der Waals surface area contributed by atoms with Crippen molar-refractivity contribution >= 4 is 44.7 Å². The van der Waals surface area contributed by atoms with Gasteiger partial charge in [0.1, 0.15) is 30.7 Å². The van der Waals surface area contributed by atoms with Crippen LogP contribution in [0.1, 0.15) is 47.2 Å². The van der Waals surface area contributed by atoms with Gasteiger partial charge < -0.3 is 19.7 Å². The number of pyridine rings is 1. The number of imide groups is 1. The maximum atomic E-state index is 13.5. The SMILES string of the molecule is Cn1c(=O)ccc2cnc(NC3CCN(S(=O)(=O)c4cccc(OCCOCC#Cc5ccc6c(c5)C(=O)N(C5CCC(=O)NC5=O)C6)c4)CC3)nc21. The summed E-state index contributed by atoms with van der Waals surface area (Å²) in [7, 11) is -2.10. The molecule has 3 amide bonds. The summed E-state index contributed by atoms with van der Waals surface area (Å²) in [4.78, 5) is 59.3. The summed E-state index contributed by atoms with van der Waals surface area (Å²) in [6.45, 7) is 1.44. The van der Waals surface area contributed by atoms with E-state index < -0.39 is 22.0 Å². The van der Waals surface area contributed by atoms with E-state index in [-0.39, 0.29) is 54.6 Å². The molecule has 0 bridgehead atoms. The first-order valence-corrected chi connectivity index (χ1v) is 18.7. The molecule has 0 aliphatic carbocycles. The van der Waals surface area contributed by atoms with E-state index in [4.69, 9.17) is 9.47 Å². The molecule has 2 aromatic carbocycles. The summed E-state index contributed by atoms with van der Waals surface area (Å²) in [6, 6.07) is 14.2. The number of rotatable bonds is 10. The minimum atomic E-state index is -3.76. The Morgan fingerprint density at radius 1 is 1.00 bits per heavy atom. The molecule has 7 rings (SSSR count). The van der Waals surface area contributed by atoms with Crippen molar-refractivity contribution in [1.29, 1.82) is 0 Å². The number of fused-ring (bicyclic) bond motifs is 2. The number of nitrogens with one attached hydrogen (secondary N) is 2. The second-order valence-corrected chi connectivity index (χ2v) is 14.9. The van der Waals surface area contributed by atoms with Gasteiger partial charge in [0.05, 0.1) is 11.5 Å². The van der Waals surface area contributed by atoms with Crippen LogP contribution in [-0.2, 0) is 37.9 Å². The van der Waals surface area contributed by atoms with Crippen LogP contribution in [0.5, 0.6) is 5.75 Å². The molecular formula is C37H37N7O8S. The highest BCUT2D eigenvalue weighted by Crippen LogP contribution is 2.28. The van der Waals surface area contributed by atoms with Gasteiger partial charge in [0, 0.05) is 74.0 Å². The first kappa shape index (κ1) is 35.8. The number of hydrogen-bond acceptors (Lipinski definition) is 11. The molecule has 3 aliphatic heterocycles. The molecule has 1 atom stereocenters. The average molecular weight is 740 g/mol. The van der Waals surface area contributed by atoms with Crippen molar-refractivity contribution in [2.45, 2.75) is 49.2 Å². The van der Waals surface area contributed by atoms with Crippen molar-refractivity contribution in [2.75, 3.05) is 38.2 Å². The minimum absolute atomic E-state index is 0.0329. The van der Waals surface area contributed by atoms with Crippen molar-refractivity contribution in [3.63, 3.8) is 0 Å². The molecule has 0 spiro atoms. The largest absolute Gasteiger partial charge is 0.491 e. The van der Waals surface area contributed by atoms with Crippen LogP contribution in [0, 0.1) is 11.8 Å². The predicted molar refractivity (Wildman–Crippen MR) is 192 cm³/mol. The van der Waals surface area contributed by atoms with Gasteiger partial charge in [-0.05, 0) is 55.2 Å². The molecule has 16 heteroatoms. The topological polar surface area (TPSA) is 182 Å². The maximum Gasteiger partial charge on any atom is 0.255 e. The van der Waals surface area contributed by atoms with E-state index in [1.54, 1.807) is 43.6 Å². The lowest BCUT2D eigenvalue weighted by Crippen LogP contribution is -2.52. The van der Waals surface area contributed by atoms with Gasteiger partial charge in [-0.15, -0.1) is 0 Å². The molecule has 4 aromatic rings. The molecule has 2 N–H and O–H groups in total. The summed E-state index contributed by atoms with van der Waals surface area (Å²) < 4.78 is 41.2. The number of benzene rings is 2. The van der Waals surface area contributed by atoms with E-state index in [2.05, 4.69) is 32.4 Å². The zero-order chi connectivity index (χ0) is 37.1. The average Bonchev–Trinajstić information content (AvgIpc) is 3.48. The van der Waals surface area contributed by atoms with E-state index in [0.29, 0.717) is 67.4 Å². The van der Waals surface area contributed by atoms with Crippen LogP contribution in [0.25, 0.3) is 11.0 Å². The van der Waals surface area contributed by atoms with E-state index >= 15 is 0 Å². The Morgan fingerprint density at radius 3 is 2.64 bits per heavy atom. The van der Waals surface area contributed by atoms with Crippen molar-refractivity contribution < 1.29 is 32.3 Å². The second-order valence-electron chi connectivity index (χ2n) is 13.0. The van der Waals surface area contributed by atoms with Gasteiger partial charge in [-0.1, -0.05) is 24.0 Å². The number of ether oxygens (including phenoxy) is 2. The number of nitrogens with zero attached hydrogens (tertiary/aromatic N) is 5. The molecule has 0 radical (unpaired) electrons. The van der Waals surface area contributed by atoms with Crippen LogP contribution in [0.15, 0.2) is 70.5 Å². The molecule has 3 aliphatic rings. The normalized spacial score (nSPS) is 18.0. The lowest BCUT2D eigenvalue weighted by Gasteiger charge is -2.31. The summed E-state index contributed by atoms with van der Waals surface area (Å²) in [5, 5.41) is 6.33. The van der Waals surface area contributed by atoms with Gasteiger partial charge in [0.2, 0.25) is 27.8 Å². The molecule has 1 unspecified atom stereocenters. The first-order valence-electron chi connectivity index (χ1n) is 17.2. The quantitative estimate of drug-likeness (QED) is 0.138. The fourth-order valence-electron chi connectivity index (χ4n) is 6.62. The number of carbonyl (C=O) groups is 3. The van der Waals surface area contributed by atoms with Crippen molar-refractivity contribution in [1.82, 2.24) is 29.1 Å². The van der Waals surface area contributed by atoms with E-state index in [1.165, 1.54) is 25.9 Å². The predicted octanol–water partition coefficient (Wildman–Crippen LogP) is 1.80. The number of anilines is 1. The maximum absolute atomic E-state index is 13.5. The highest BCUT2D eigenvalue weighted by Gasteiger charge is 2.39. The number of amides is 3. The van der Waals surface area contributed by atoms with Gasteiger partial charge in [-0.3, -0.25) is 29.1 Å². The van der Waals surface area contributed by atoms with Crippen LogP contribution < -0.4 is 20.9 Å². The Labute approximate surface area is 305 Å². The molecule has 2 saturated heterocycles. The molecule has 53 heavy (non-hydrogen) atoms. The third-order valence-corrected chi connectivity index (χ3v) is 11.4. The molecule has 15 nitrogen and oxygen atoms in total. The number of sulfonamides is 1. The smallest absolute Gasteiger partial charge is 0.255 e. The summed E-state index contributed by atoms with van der Waals surface area (Å²) in [5.74, 6) is 5.66. The molecule has 274 valence electrons. The Kier molecular flexibility index (Phi) is 10.2. The molecule has 2 fully saturated rings. The standard InChI is InChI=1S/C37H37N7O8S/c1-42-33(46)12-9-25-22-38-37(41-34(25)42)39-27-13-15-43(16-14-27)53(49,50)29-6-2-5-28(21-29)52-19-18-51-17-3-4-24-7-8-26-23-44(36(48)30(26)20-24)31-10-11-32(45)40-35(31)47/h2,5-9,12,20-22,27,31H,10-11,13-19,23H2,1H3,(H,38,39,41)(H,40,45,47). The fourth-order valence-corrected chi connectivity index (χ4v) is 8.13. The second kappa shape index (κ2) is 15.2. The van der Waals surface area contributed by atoms with Gasteiger partial charge in [0.15, 0.2) is 0 Å². The van der Waals surface area contributed by atoms with Crippen molar-refractivity contribution in [2.24, 2.45) is 7.05 Å². The third kappa shape index (κ3) is 7.77. The van der Waals surface area contributed by atoms with Crippen LogP contribution in [0.4, 0.5) is 5.95 Å². The van der Waals surface area contributed by atoms with Crippen molar-refractivity contribution in [3.8, 4) is 17.6 Å². The van der Waals surface area contributed by atoms with Crippen LogP contribution >= 0.6 is 0 Å². The number of aryl methyl sites for hydroxylation is 1. The van der Waals surface area contributed by atoms with Crippen LogP contribution in [0.2, 0.25) is 0 Å². The van der Waals surface area contributed by atoms with Gasteiger partial charge in [0.25, 0.3) is 11.5 Å². The number of hydrogen-bond donors (Lipinski definition) is 2. The lowest BCUT2D eigenvalue weighted by molar-refractivity contribution is -0.136. The van der Waals surface area contributed by atoms with Crippen LogP contribution in [0.3, 0.4) is 0 Å². The Hall–Kier alpha value is -5.63. The zero-order valence-corrected chi connectivity index (χ0v) is 29.7. The zero-order valence-electron chi connectivity index (χ0n) is 28.9. The number of carbonyl (C=O) groups excluding carboxylic acids is 3. The molecular weight excluding hydrogens is 703 g/mol. The lowest BCUT2D eigenvalue weighted by atomic mass is 10.0. The van der Waals surface area contributed by atoms with Gasteiger partial charge >= 0.3 is 0 Å². The monoisotopic (exact) mass is 739 g/mol. The number of piperidine rings is 2. The summed E-state index contributed by atoms with van der Waals surface area (Å²) >= 11 is 0. The molecule has 5 heterocycles. The number of aromatic nitrogens is 3. The third-order valence-electron chi connectivity index (χ3n) is 9.51.